The Hall–Kier alpha value is -5.35. The third kappa shape index (κ3) is 13.3. The molecule has 0 fully saturated rings. The lowest BCUT2D eigenvalue weighted by atomic mass is 9.72. The summed E-state index contributed by atoms with van der Waals surface area (Å²) in [5.74, 6) is 1.46. The molecule has 15 heteroatoms. The standard InChI is InChI=1S/C48H56N4O8P2S/c1-45(2,3)33-47(7,8)35-19-21-41(59-61(55-37-15-11-23-49-29-37)56-38-16-12-24-50-30-38)43(27-35)63(53,54)44-28-36(48(9,10)34-46(4,5)6)20-22-42(44)60-62(57-39-17-13-25-51-31-39)58-40-18-14-26-52-32-40/h11-32H,33-34H2,1-10H3. The van der Waals surface area contributed by atoms with E-state index in [1.54, 1.807) is 97.6 Å². The van der Waals surface area contributed by atoms with E-state index < -0.39 is 37.9 Å². The maximum Gasteiger partial charge on any atom is 0.530 e. The van der Waals surface area contributed by atoms with Gasteiger partial charge < -0.3 is 27.1 Å². The van der Waals surface area contributed by atoms with Gasteiger partial charge in [0.25, 0.3) is 0 Å². The molecular weight excluding hydrogens is 855 g/mol. The average Bonchev–Trinajstić information content (AvgIpc) is 3.20. The van der Waals surface area contributed by atoms with Gasteiger partial charge in [-0.05, 0) is 118 Å². The van der Waals surface area contributed by atoms with Crippen LogP contribution in [0.4, 0.5) is 0 Å². The van der Waals surface area contributed by atoms with Crippen molar-refractivity contribution in [3.63, 3.8) is 0 Å². The van der Waals surface area contributed by atoms with Crippen molar-refractivity contribution in [1.82, 2.24) is 19.9 Å². The lowest BCUT2D eigenvalue weighted by Gasteiger charge is -2.34. The van der Waals surface area contributed by atoms with Crippen molar-refractivity contribution >= 4 is 27.0 Å². The van der Waals surface area contributed by atoms with Crippen molar-refractivity contribution in [2.45, 2.75) is 103 Å². The predicted molar refractivity (Wildman–Crippen MR) is 247 cm³/mol. The van der Waals surface area contributed by atoms with E-state index in [4.69, 9.17) is 27.1 Å². The van der Waals surface area contributed by atoms with Gasteiger partial charge in [0.1, 0.15) is 44.3 Å². The lowest BCUT2D eigenvalue weighted by Crippen LogP contribution is -2.25. The molecule has 0 bridgehead atoms. The van der Waals surface area contributed by atoms with E-state index in [0.29, 0.717) is 23.0 Å². The number of sulfone groups is 1. The third-order valence-electron chi connectivity index (χ3n) is 9.58. The zero-order chi connectivity index (χ0) is 45.5. The van der Waals surface area contributed by atoms with Gasteiger partial charge in [0.05, 0.1) is 24.8 Å². The first-order valence-corrected chi connectivity index (χ1v) is 24.2. The van der Waals surface area contributed by atoms with Crippen LogP contribution < -0.4 is 27.1 Å². The monoisotopic (exact) mass is 910 g/mol. The van der Waals surface area contributed by atoms with E-state index in [9.17, 15) is 0 Å². The first-order chi connectivity index (χ1) is 29.7. The number of benzene rings is 2. The van der Waals surface area contributed by atoms with Crippen LogP contribution in [0.5, 0.6) is 34.5 Å². The van der Waals surface area contributed by atoms with Crippen LogP contribution in [0.2, 0.25) is 0 Å². The van der Waals surface area contributed by atoms with Crippen LogP contribution in [-0.4, -0.2) is 28.4 Å². The number of aromatic nitrogens is 4. The van der Waals surface area contributed by atoms with E-state index in [1.165, 1.54) is 24.8 Å². The second-order valence-electron chi connectivity index (χ2n) is 18.8. The summed E-state index contributed by atoms with van der Waals surface area (Å²) in [4.78, 5) is 16.5. The molecule has 0 aliphatic carbocycles. The minimum absolute atomic E-state index is 0.00925. The minimum atomic E-state index is -4.54. The Morgan fingerprint density at radius 3 is 1.00 bits per heavy atom. The molecule has 0 aliphatic heterocycles. The fourth-order valence-corrected chi connectivity index (χ4v) is 11.3. The summed E-state index contributed by atoms with van der Waals surface area (Å²) in [6.45, 7) is 21.4. The first-order valence-electron chi connectivity index (χ1n) is 20.5. The number of rotatable bonds is 18. The van der Waals surface area contributed by atoms with E-state index in [0.717, 1.165) is 24.0 Å². The van der Waals surface area contributed by atoms with Gasteiger partial charge in [0, 0.05) is 24.8 Å². The van der Waals surface area contributed by atoms with Gasteiger partial charge in [-0.15, -0.1) is 0 Å². The molecule has 0 spiro atoms. The summed E-state index contributed by atoms with van der Waals surface area (Å²) in [6, 6.07) is 24.2. The van der Waals surface area contributed by atoms with Crippen LogP contribution in [0.15, 0.2) is 144 Å². The summed E-state index contributed by atoms with van der Waals surface area (Å²) in [6.07, 6.45) is 14.1. The van der Waals surface area contributed by atoms with E-state index in [2.05, 4.69) is 89.2 Å². The predicted octanol–water partition coefficient (Wildman–Crippen LogP) is 13.1. The second-order valence-corrected chi connectivity index (χ2v) is 22.7. The molecule has 0 unspecified atom stereocenters. The number of pyridine rings is 4. The van der Waals surface area contributed by atoms with Crippen molar-refractivity contribution in [2.24, 2.45) is 10.8 Å². The van der Waals surface area contributed by atoms with Gasteiger partial charge in [-0.1, -0.05) is 81.4 Å². The van der Waals surface area contributed by atoms with Crippen molar-refractivity contribution in [2.75, 3.05) is 0 Å². The molecule has 0 atom stereocenters. The molecule has 0 saturated carbocycles. The van der Waals surface area contributed by atoms with Gasteiger partial charge in [-0.2, -0.15) is 0 Å². The van der Waals surface area contributed by atoms with Crippen LogP contribution in [0.1, 0.15) is 93.2 Å². The van der Waals surface area contributed by atoms with Gasteiger partial charge in [-0.25, -0.2) is 8.42 Å². The van der Waals surface area contributed by atoms with Crippen LogP contribution in [-0.2, 0) is 20.7 Å². The molecule has 63 heavy (non-hydrogen) atoms. The maximum absolute atomic E-state index is 15.9. The van der Waals surface area contributed by atoms with Gasteiger partial charge in [0.2, 0.25) is 9.84 Å². The first kappa shape index (κ1) is 47.1. The van der Waals surface area contributed by atoms with Crippen LogP contribution >= 0.6 is 17.2 Å². The highest BCUT2D eigenvalue weighted by Gasteiger charge is 2.37. The molecule has 332 valence electrons. The topological polar surface area (TPSA) is 141 Å². The zero-order valence-corrected chi connectivity index (χ0v) is 40.1. The molecule has 0 saturated heterocycles. The Balaban J connectivity index is 1.54. The molecule has 0 amide bonds. The highest BCUT2D eigenvalue weighted by atomic mass is 32.2. The second kappa shape index (κ2) is 19.6. The Bertz CT molecular complexity index is 2270. The van der Waals surface area contributed by atoms with Crippen molar-refractivity contribution in [3.05, 3.63) is 146 Å². The number of hydrogen-bond donors (Lipinski definition) is 0. The molecule has 4 heterocycles. The minimum Gasteiger partial charge on any atom is -0.407 e. The van der Waals surface area contributed by atoms with Gasteiger partial charge >= 0.3 is 17.2 Å². The molecule has 0 N–H and O–H groups in total. The van der Waals surface area contributed by atoms with E-state index in [1.807, 2.05) is 12.1 Å². The quantitative estimate of drug-likeness (QED) is 0.0758. The molecule has 12 nitrogen and oxygen atoms in total. The molecule has 0 aliphatic rings. The van der Waals surface area contributed by atoms with Crippen LogP contribution in [0.3, 0.4) is 0 Å². The molecule has 0 radical (unpaired) electrons. The normalized spacial score (nSPS) is 12.5. The SMILES string of the molecule is CC(C)(C)CC(C)(C)c1ccc(OP(Oc2cccnc2)Oc2cccnc2)c(S(=O)(=O)c2cc(C(C)(C)CC(C)(C)C)ccc2OP(Oc2cccnc2)Oc2cccnc2)c1. The lowest BCUT2D eigenvalue weighted by molar-refractivity contribution is 0.283. The Morgan fingerprint density at radius 1 is 0.444 bits per heavy atom. The summed E-state index contributed by atoms with van der Waals surface area (Å²) < 4.78 is 69.7. The fourth-order valence-electron chi connectivity index (χ4n) is 7.62. The number of hydrogen-bond acceptors (Lipinski definition) is 12. The fraction of sp³-hybridized carbons (Fsp3) is 0.333. The van der Waals surface area contributed by atoms with Crippen molar-refractivity contribution in [1.29, 1.82) is 0 Å². The summed E-state index contributed by atoms with van der Waals surface area (Å²) in [5, 5.41) is 0. The molecule has 6 rings (SSSR count). The molecule has 6 aromatic rings. The van der Waals surface area contributed by atoms with Crippen molar-refractivity contribution < 1.29 is 35.6 Å². The summed E-state index contributed by atoms with van der Waals surface area (Å²) in [5.41, 5.74) is 0.530. The van der Waals surface area contributed by atoms with Gasteiger partial charge in [-0.3, -0.25) is 19.9 Å². The van der Waals surface area contributed by atoms with Crippen molar-refractivity contribution in [3.8, 4) is 34.5 Å². The van der Waals surface area contributed by atoms with Crippen LogP contribution in [0, 0.1) is 10.8 Å². The van der Waals surface area contributed by atoms with Gasteiger partial charge in [0.15, 0.2) is 0 Å². The average molecular weight is 911 g/mol. The molecular formula is C48H56N4O8P2S. The van der Waals surface area contributed by atoms with E-state index >= 15 is 8.42 Å². The Kier molecular flexibility index (Phi) is 14.7. The largest absolute Gasteiger partial charge is 0.530 e. The third-order valence-corrected chi connectivity index (χ3v) is 13.5. The Labute approximate surface area is 374 Å². The zero-order valence-electron chi connectivity index (χ0n) is 37.5. The highest BCUT2D eigenvalue weighted by molar-refractivity contribution is 7.91. The molecule has 4 aromatic heterocycles. The number of nitrogens with zero attached hydrogens (tertiary/aromatic N) is 4. The summed E-state index contributed by atoms with van der Waals surface area (Å²) >= 11 is 0. The van der Waals surface area contributed by atoms with Crippen LogP contribution in [0.25, 0.3) is 0 Å². The van der Waals surface area contributed by atoms with E-state index in [-0.39, 0.29) is 32.1 Å². The maximum atomic E-state index is 15.9. The summed E-state index contributed by atoms with van der Waals surface area (Å²) in [7, 11) is -9.19. The Morgan fingerprint density at radius 2 is 0.746 bits per heavy atom. The molecule has 2 aromatic carbocycles. The smallest absolute Gasteiger partial charge is 0.407 e. The highest BCUT2D eigenvalue weighted by Crippen LogP contribution is 2.50.